The number of hydrogen-bond acceptors (Lipinski definition) is 3. The molecule has 1 aromatic carbocycles. The SMILES string of the molecule is COc1ccc(Cn2nc(C(F)(F)F)c3c2N(C(=O)C(F)(F)F)CCC3)cc1. The maximum Gasteiger partial charge on any atom is 0.471 e. The van der Waals surface area contributed by atoms with Crippen molar-refractivity contribution in [2.75, 3.05) is 18.6 Å². The zero-order chi connectivity index (χ0) is 20.7. The molecule has 2 heterocycles. The topological polar surface area (TPSA) is 47.4 Å². The van der Waals surface area contributed by atoms with Gasteiger partial charge in [0.25, 0.3) is 0 Å². The van der Waals surface area contributed by atoms with E-state index in [0.29, 0.717) is 16.2 Å². The van der Waals surface area contributed by atoms with E-state index in [1.54, 1.807) is 24.3 Å². The van der Waals surface area contributed by atoms with Crippen molar-refractivity contribution in [2.24, 2.45) is 0 Å². The van der Waals surface area contributed by atoms with E-state index in [2.05, 4.69) is 5.10 Å². The molecule has 0 radical (unpaired) electrons. The lowest BCUT2D eigenvalue weighted by Crippen LogP contribution is -2.45. The summed E-state index contributed by atoms with van der Waals surface area (Å²) in [5.41, 5.74) is -1.18. The van der Waals surface area contributed by atoms with Crippen molar-refractivity contribution in [3.63, 3.8) is 0 Å². The van der Waals surface area contributed by atoms with Gasteiger partial charge in [0.1, 0.15) is 11.6 Å². The summed E-state index contributed by atoms with van der Waals surface area (Å²) in [5, 5.41) is 3.51. The lowest BCUT2D eigenvalue weighted by molar-refractivity contribution is -0.170. The van der Waals surface area contributed by atoms with Gasteiger partial charge in [0.2, 0.25) is 0 Å². The normalized spacial score (nSPS) is 14.8. The Bertz CT molecular complexity index is 871. The number of ether oxygens (including phenoxy) is 1. The largest absolute Gasteiger partial charge is 0.497 e. The van der Waals surface area contributed by atoms with Gasteiger partial charge < -0.3 is 4.74 Å². The Hall–Kier alpha value is -2.72. The summed E-state index contributed by atoms with van der Waals surface area (Å²) in [6, 6.07) is 6.24. The van der Waals surface area contributed by atoms with E-state index in [4.69, 9.17) is 4.74 Å². The van der Waals surface area contributed by atoms with Crippen molar-refractivity contribution in [3.05, 3.63) is 41.1 Å². The third-order valence-electron chi connectivity index (χ3n) is 4.33. The van der Waals surface area contributed by atoms with E-state index in [0.717, 1.165) is 4.68 Å². The number of fused-ring (bicyclic) bond motifs is 1. The van der Waals surface area contributed by atoms with Gasteiger partial charge in [0.15, 0.2) is 5.69 Å². The standard InChI is InChI=1S/C17H15F6N3O2/c1-28-11-6-4-10(5-7-11)9-26-14-12(13(24-26)16(18,19)20)3-2-8-25(14)15(27)17(21,22)23/h4-7H,2-3,8-9H2,1H3. The first kappa shape index (κ1) is 20.0. The molecule has 11 heteroatoms. The Labute approximate surface area is 155 Å². The van der Waals surface area contributed by atoms with Gasteiger partial charge in [-0.1, -0.05) is 12.1 Å². The van der Waals surface area contributed by atoms with Gasteiger partial charge >= 0.3 is 18.3 Å². The summed E-state index contributed by atoms with van der Waals surface area (Å²) in [4.78, 5) is 12.1. The van der Waals surface area contributed by atoms with Crippen LogP contribution in [0.3, 0.4) is 0 Å². The fourth-order valence-corrected chi connectivity index (χ4v) is 3.14. The van der Waals surface area contributed by atoms with Gasteiger partial charge in [-0.15, -0.1) is 0 Å². The van der Waals surface area contributed by atoms with Gasteiger partial charge in [0, 0.05) is 12.1 Å². The number of halogens is 6. The van der Waals surface area contributed by atoms with Crippen molar-refractivity contribution in [1.29, 1.82) is 0 Å². The molecule has 1 amide bonds. The first-order chi connectivity index (χ1) is 13.0. The van der Waals surface area contributed by atoms with Crippen LogP contribution in [0.15, 0.2) is 24.3 Å². The summed E-state index contributed by atoms with van der Waals surface area (Å²) in [7, 11) is 1.44. The molecule has 0 N–H and O–H groups in total. The van der Waals surface area contributed by atoms with Crippen molar-refractivity contribution in [3.8, 4) is 5.75 Å². The van der Waals surface area contributed by atoms with Crippen LogP contribution in [0.2, 0.25) is 0 Å². The van der Waals surface area contributed by atoms with Crippen LogP contribution in [0.5, 0.6) is 5.75 Å². The number of amides is 1. The molecule has 0 bridgehead atoms. The van der Waals surface area contributed by atoms with E-state index >= 15 is 0 Å². The highest BCUT2D eigenvalue weighted by Crippen LogP contribution is 2.40. The molecular formula is C17H15F6N3O2. The Morgan fingerprint density at radius 2 is 1.79 bits per heavy atom. The van der Waals surface area contributed by atoms with Crippen LogP contribution in [0.25, 0.3) is 0 Å². The number of nitrogens with zero attached hydrogens (tertiary/aromatic N) is 3. The van der Waals surface area contributed by atoms with Crippen LogP contribution in [0.4, 0.5) is 32.2 Å². The molecule has 5 nitrogen and oxygen atoms in total. The van der Waals surface area contributed by atoms with E-state index in [9.17, 15) is 31.1 Å². The second kappa shape index (κ2) is 7.02. The Kier molecular flexibility index (Phi) is 5.02. The molecule has 0 fully saturated rings. The number of hydrogen-bond donors (Lipinski definition) is 0. The molecule has 0 atom stereocenters. The Morgan fingerprint density at radius 1 is 1.14 bits per heavy atom. The molecular weight excluding hydrogens is 392 g/mol. The van der Waals surface area contributed by atoms with Gasteiger partial charge in [0.05, 0.1) is 13.7 Å². The third kappa shape index (κ3) is 3.78. The fraction of sp³-hybridized carbons (Fsp3) is 0.412. The average Bonchev–Trinajstić information content (AvgIpc) is 3.00. The highest BCUT2D eigenvalue weighted by molar-refractivity contribution is 5.97. The second-order valence-corrected chi connectivity index (χ2v) is 6.21. The maximum atomic E-state index is 13.4. The molecule has 1 aliphatic heterocycles. The van der Waals surface area contributed by atoms with E-state index in [1.807, 2.05) is 0 Å². The van der Waals surface area contributed by atoms with Crippen LogP contribution in [-0.2, 0) is 23.9 Å². The highest BCUT2D eigenvalue weighted by Gasteiger charge is 2.48. The van der Waals surface area contributed by atoms with Crippen LogP contribution < -0.4 is 9.64 Å². The molecule has 0 unspecified atom stereocenters. The zero-order valence-corrected chi connectivity index (χ0v) is 14.6. The molecule has 1 aliphatic rings. The van der Waals surface area contributed by atoms with Gasteiger partial charge in [-0.05, 0) is 30.5 Å². The Morgan fingerprint density at radius 3 is 2.32 bits per heavy atom. The van der Waals surface area contributed by atoms with Crippen molar-refractivity contribution in [1.82, 2.24) is 9.78 Å². The molecule has 0 saturated heterocycles. The lowest BCUT2D eigenvalue weighted by Gasteiger charge is -2.29. The minimum absolute atomic E-state index is 0.0217. The minimum Gasteiger partial charge on any atom is -0.497 e. The van der Waals surface area contributed by atoms with Crippen LogP contribution >= 0.6 is 0 Å². The van der Waals surface area contributed by atoms with Crippen molar-refractivity contribution < 1.29 is 35.9 Å². The lowest BCUT2D eigenvalue weighted by atomic mass is 10.0. The predicted molar refractivity (Wildman–Crippen MR) is 86.1 cm³/mol. The summed E-state index contributed by atoms with van der Waals surface area (Å²) >= 11 is 0. The van der Waals surface area contributed by atoms with E-state index in [-0.39, 0.29) is 25.9 Å². The average molecular weight is 407 g/mol. The monoisotopic (exact) mass is 407 g/mol. The number of carbonyl (C=O) groups excluding carboxylic acids is 1. The molecule has 2 aromatic rings. The van der Waals surface area contributed by atoms with Crippen LogP contribution in [-0.4, -0.2) is 35.5 Å². The van der Waals surface area contributed by atoms with Crippen molar-refractivity contribution >= 4 is 11.7 Å². The first-order valence-corrected chi connectivity index (χ1v) is 8.21. The number of anilines is 1. The number of aromatic nitrogens is 2. The molecule has 28 heavy (non-hydrogen) atoms. The fourth-order valence-electron chi connectivity index (χ4n) is 3.14. The predicted octanol–water partition coefficient (Wildman–Crippen LogP) is 3.80. The van der Waals surface area contributed by atoms with E-state index < -0.39 is 35.3 Å². The molecule has 0 saturated carbocycles. The van der Waals surface area contributed by atoms with Gasteiger partial charge in [-0.3, -0.25) is 9.69 Å². The molecule has 152 valence electrons. The van der Waals surface area contributed by atoms with Crippen molar-refractivity contribution in [2.45, 2.75) is 31.7 Å². The van der Waals surface area contributed by atoms with Crippen LogP contribution in [0.1, 0.15) is 23.2 Å². The zero-order valence-electron chi connectivity index (χ0n) is 14.6. The van der Waals surface area contributed by atoms with E-state index in [1.165, 1.54) is 7.11 Å². The summed E-state index contributed by atoms with van der Waals surface area (Å²) in [5.74, 6) is -2.16. The number of alkyl halides is 6. The summed E-state index contributed by atoms with van der Waals surface area (Å²) < 4.78 is 84.8. The highest BCUT2D eigenvalue weighted by atomic mass is 19.4. The minimum atomic E-state index is -5.21. The molecule has 0 spiro atoms. The summed E-state index contributed by atoms with van der Waals surface area (Å²) in [6.07, 6.45) is -10.2. The number of benzene rings is 1. The third-order valence-corrected chi connectivity index (χ3v) is 4.33. The Balaban J connectivity index is 2.08. The van der Waals surface area contributed by atoms with Crippen LogP contribution in [0, 0.1) is 0 Å². The smallest absolute Gasteiger partial charge is 0.471 e. The second-order valence-electron chi connectivity index (χ2n) is 6.21. The quantitative estimate of drug-likeness (QED) is 0.728. The molecule has 3 rings (SSSR count). The summed E-state index contributed by atoms with van der Waals surface area (Å²) in [6.45, 7) is -0.568. The maximum absolute atomic E-state index is 13.4. The number of methoxy groups -OCH3 is 1. The van der Waals surface area contributed by atoms with Gasteiger partial charge in [-0.25, -0.2) is 4.68 Å². The first-order valence-electron chi connectivity index (χ1n) is 8.21. The number of rotatable bonds is 3. The van der Waals surface area contributed by atoms with Gasteiger partial charge in [-0.2, -0.15) is 31.4 Å². The number of carbonyl (C=O) groups is 1. The molecule has 0 aliphatic carbocycles. The molecule has 1 aromatic heterocycles.